The van der Waals surface area contributed by atoms with Gasteiger partial charge in [-0.3, -0.25) is 0 Å². The summed E-state index contributed by atoms with van der Waals surface area (Å²) in [6, 6.07) is 8.76. The van der Waals surface area contributed by atoms with Gasteiger partial charge in [0, 0.05) is 12.8 Å². The highest BCUT2D eigenvalue weighted by Gasteiger charge is 2.31. The first-order chi connectivity index (χ1) is 10.6. The Morgan fingerprint density at radius 1 is 1.13 bits per heavy atom. The summed E-state index contributed by atoms with van der Waals surface area (Å²) in [5.74, 6) is -0.0349. The number of sulfone groups is 1. The van der Waals surface area contributed by atoms with Gasteiger partial charge in [-0.15, -0.1) is 13.2 Å². The van der Waals surface area contributed by atoms with Crippen LogP contribution in [0.15, 0.2) is 47.5 Å². The number of halogens is 3. The summed E-state index contributed by atoms with van der Waals surface area (Å²) in [7, 11) is -3.25. The third kappa shape index (κ3) is 5.44. The van der Waals surface area contributed by atoms with Crippen LogP contribution in [0.4, 0.5) is 19.0 Å². The van der Waals surface area contributed by atoms with Crippen molar-refractivity contribution in [2.45, 2.75) is 17.8 Å². The third-order valence-corrected chi connectivity index (χ3v) is 3.92. The molecular formula is C14H13F3N2O3S. The van der Waals surface area contributed by atoms with Gasteiger partial charge >= 0.3 is 6.36 Å². The van der Waals surface area contributed by atoms with E-state index in [1.54, 1.807) is 12.1 Å². The number of pyridine rings is 1. The van der Waals surface area contributed by atoms with E-state index in [0.717, 1.165) is 24.1 Å². The number of alkyl halides is 3. The minimum Gasteiger partial charge on any atom is -0.404 e. The molecule has 0 radical (unpaired) electrons. The van der Waals surface area contributed by atoms with E-state index >= 15 is 0 Å². The Bertz CT molecular complexity index is 757. The highest BCUT2D eigenvalue weighted by molar-refractivity contribution is 7.90. The highest BCUT2D eigenvalue weighted by Crippen LogP contribution is 2.22. The molecule has 2 aromatic rings. The standard InChI is InChI=1S/C14H13F3N2O3S/c1-23(20,21)12-5-2-10(3-6-12)8-18-13-7-4-11(9-19-13)22-14(15,16)17/h2-7,9H,8H2,1H3,(H,18,19). The second-order valence-corrected chi connectivity index (χ2v) is 6.71. The number of nitrogens with one attached hydrogen (secondary N) is 1. The number of aromatic nitrogens is 1. The molecule has 5 nitrogen and oxygen atoms in total. The lowest BCUT2D eigenvalue weighted by atomic mass is 10.2. The van der Waals surface area contributed by atoms with Crippen molar-refractivity contribution in [3.63, 3.8) is 0 Å². The Kier molecular flexibility index (Phi) is 4.79. The summed E-state index contributed by atoms with van der Waals surface area (Å²) >= 11 is 0. The molecule has 0 spiro atoms. The molecule has 0 aliphatic rings. The molecule has 0 saturated heterocycles. The molecule has 0 aliphatic heterocycles. The summed E-state index contributed by atoms with van der Waals surface area (Å²) in [5, 5.41) is 2.91. The lowest BCUT2D eigenvalue weighted by Gasteiger charge is -2.10. The SMILES string of the molecule is CS(=O)(=O)c1ccc(CNc2ccc(OC(F)(F)F)cn2)cc1. The summed E-state index contributed by atoms with van der Waals surface area (Å²) < 4.78 is 62.4. The van der Waals surface area contributed by atoms with Gasteiger partial charge in [0.05, 0.1) is 11.1 Å². The maximum absolute atomic E-state index is 12.0. The molecule has 0 fully saturated rings. The van der Waals surface area contributed by atoms with Crippen molar-refractivity contribution in [3.8, 4) is 5.75 Å². The van der Waals surface area contributed by atoms with Crippen LogP contribution in [0.1, 0.15) is 5.56 Å². The Hall–Kier alpha value is -2.29. The molecule has 0 atom stereocenters. The van der Waals surface area contributed by atoms with Gasteiger partial charge in [-0.2, -0.15) is 0 Å². The Balaban J connectivity index is 1.96. The molecule has 124 valence electrons. The molecule has 0 amide bonds. The van der Waals surface area contributed by atoms with Crippen LogP contribution in [0.5, 0.6) is 5.75 Å². The van der Waals surface area contributed by atoms with Gasteiger partial charge < -0.3 is 10.1 Å². The second-order valence-electron chi connectivity index (χ2n) is 4.70. The zero-order valence-electron chi connectivity index (χ0n) is 12.0. The fourth-order valence-electron chi connectivity index (χ4n) is 1.73. The molecule has 9 heteroatoms. The Labute approximate surface area is 131 Å². The van der Waals surface area contributed by atoms with Crippen LogP contribution in [0, 0.1) is 0 Å². The quantitative estimate of drug-likeness (QED) is 0.901. The van der Waals surface area contributed by atoms with Crippen molar-refractivity contribution >= 4 is 15.7 Å². The number of rotatable bonds is 5. The molecule has 1 aromatic carbocycles. The molecule has 0 unspecified atom stereocenters. The van der Waals surface area contributed by atoms with Gasteiger partial charge in [-0.1, -0.05) is 12.1 Å². The van der Waals surface area contributed by atoms with E-state index in [9.17, 15) is 21.6 Å². The molecule has 0 bridgehead atoms. The number of hydrogen-bond donors (Lipinski definition) is 1. The monoisotopic (exact) mass is 346 g/mol. The summed E-state index contributed by atoms with van der Waals surface area (Å²) in [6.07, 6.45) is -2.67. The van der Waals surface area contributed by atoms with Crippen LogP contribution in [0.3, 0.4) is 0 Å². The van der Waals surface area contributed by atoms with Gasteiger partial charge in [0.15, 0.2) is 9.84 Å². The average Bonchev–Trinajstić information content (AvgIpc) is 2.44. The fraction of sp³-hybridized carbons (Fsp3) is 0.214. The van der Waals surface area contributed by atoms with Crippen molar-refractivity contribution < 1.29 is 26.3 Å². The van der Waals surface area contributed by atoms with Gasteiger partial charge in [0.1, 0.15) is 11.6 Å². The molecule has 0 saturated carbocycles. The molecular weight excluding hydrogens is 333 g/mol. The van der Waals surface area contributed by atoms with Crippen LogP contribution in [-0.4, -0.2) is 26.0 Å². The van der Waals surface area contributed by atoms with E-state index in [2.05, 4.69) is 15.0 Å². The van der Waals surface area contributed by atoms with E-state index in [-0.39, 0.29) is 4.90 Å². The Morgan fingerprint density at radius 3 is 2.26 bits per heavy atom. The lowest BCUT2D eigenvalue weighted by molar-refractivity contribution is -0.274. The first kappa shape index (κ1) is 17.1. The van der Waals surface area contributed by atoms with Gasteiger partial charge in [0.2, 0.25) is 0 Å². The summed E-state index contributed by atoms with van der Waals surface area (Å²) in [5.41, 5.74) is 0.801. The smallest absolute Gasteiger partial charge is 0.404 e. The number of nitrogens with zero attached hydrogens (tertiary/aromatic N) is 1. The molecule has 1 aromatic heterocycles. The van der Waals surface area contributed by atoms with E-state index in [4.69, 9.17) is 0 Å². The minimum absolute atomic E-state index is 0.216. The molecule has 0 aliphatic carbocycles. The topological polar surface area (TPSA) is 68.3 Å². The van der Waals surface area contributed by atoms with E-state index in [0.29, 0.717) is 12.4 Å². The number of ether oxygens (including phenoxy) is 1. The molecule has 2 rings (SSSR count). The predicted molar refractivity (Wildman–Crippen MR) is 77.8 cm³/mol. The normalized spacial score (nSPS) is 12.0. The highest BCUT2D eigenvalue weighted by atomic mass is 32.2. The van der Waals surface area contributed by atoms with Gasteiger partial charge in [-0.25, -0.2) is 13.4 Å². The van der Waals surface area contributed by atoms with Crippen molar-refractivity contribution in [2.24, 2.45) is 0 Å². The van der Waals surface area contributed by atoms with Crippen LogP contribution in [0.2, 0.25) is 0 Å². The van der Waals surface area contributed by atoms with Crippen molar-refractivity contribution in [2.75, 3.05) is 11.6 Å². The van der Waals surface area contributed by atoms with Crippen molar-refractivity contribution in [1.29, 1.82) is 0 Å². The first-order valence-corrected chi connectivity index (χ1v) is 8.27. The third-order valence-electron chi connectivity index (χ3n) is 2.80. The number of anilines is 1. The summed E-state index contributed by atoms with van der Waals surface area (Å²) in [6.45, 7) is 0.344. The van der Waals surface area contributed by atoms with E-state index in [1.807, 2.05) is 0 Å². The maximum Gasteiger partial charge on any atom is 0.573 e. The van der Waals surface area contributed by atoms with E-state index in [1.165, 1.54) is 18.2 Å². The first-order valence-electron chi connectivity index (χ1n) is 6.38. The predicted octanol–water partition coefficient (Wildman–Crippen LogP) is 3.00. The lowest BCUT2D eigenvalue weighted by Crippen LogP contribution is -2.17. The molecule has 23 heavy (non-hydrogen) atoms. The summed E-state index contributed by atoms with van der Waals surface area (Å²) in [4.78, 5) is 4.02. The largest absolute Gasteiger partial charge is 0.573 e. The number of benzene rings is 1. The second kappa shape index (κ2) is 6.45. The molecule has 1 heterocycles. The minimum atomic E-state index is -4.75. The average molecular weight is 346 g/mol. The van der Waals surface area contributed by atoms with Crippen LogP contribution in [0.25, 0.3) is 0 Å². The van der Waals surface area contributed by atoms with Gasteiger partial charge in [0.25, 0.3) is 0 Å². The number of hydrogen-bond acceptors (Lipinski definition) is 5. The van der Waals surface area contributed by atoms with Crippen LogP contribution < -0.4 is 10.1 Å². The zero-order valence-corrected chi connectivity index (χ0v) is 12.8. The zero-order chi connectivity index (χ0) is 17.1. The van der Waals surface area contributed by atoms with E-state index < -0.39 is 21.9 Å². The fourth-order valence-corrected chi connectivity index (χ4v) is 2.36. The maximum atomic E-state index is 12.0. The van der Waals surface area contributed by atoms with Crippen molar-refractivity contribution in [3.05, 3.63) is 48.2 Å². The van der Waals surface area contributed by atoms with Gasteiger partial charge in [-0.05, 0) is 29.8 Å². The van der Waals surface area contributed by atoms with Crippen LogP contribution >= 0.6 is 0 Å². The molecule has 1 N–H and O–H groups in total. The van der Waals surface area contributed by atoms with Crippen molar-refractivity contribution in [1.82, 2.24) is 4.98 Å². The van der Waals surface area contributed by atoms with Crippen LogP contribution in [-0.2, 0) is 16.4 Å². The Morgan fingerprint density at radius 2 is 1.78 bits per heavy atom.